The molecular formula is C16H36O15. The highest BCUT2D eigenvalue weighted by molar-refractivity contribution is 5.63. The molecule has 1 atom stereocenters. The van der Waals surface area contributed by atoms with E-state index in [0.717, 1.165) is 34.6 Å². The summed E-state index contributed by atoms with van der Waals surface area (Å²) in [5, 5.41) is 77.1. The molecule has 10 N–H and O–H groups in total. The van der Waals surface area contributed by atoms with E-state index in [1.807, 2.05) is 0 Å². The number of aliphatic carboxylic acids is 5. The third-order valence-corrected chi connectivity index (χ3v) is 0.686. The number of aliphatic hydroxyl groups excluding tert-OH is 5. The van der Waals surface area contributed by atoms with Crippen LogP contribution >= 0.6 is 0 Å². The van der Waals surface area contributed by atoms with Gasteiger partial charge in [0.25, 0.3) is 29.8 Å². The van der Waals surface area contributed by atoms with E-state index in [2.05, 4.69) is 0 Å². The van der Waals surface area contributed by atoms with Crippen molar-refractivity contribution in [1.29, 1.82) is 0 Å². The highest BCUT2D eigenvalue weighted by Crippen LogP contribution is 1.71. The van der Waals surface area contributed by atoms with Crippen LogP contribution in [0.2, 0.25) is 0 Å². The first-order valence-corrected chi connectivity index (χ1v) is 7.91. The second-order valence-corrected chi connectivity index (χ2v) is 4.65. The first-order valence-electron chi connectivity index (χ1n) is 7.91. The normalized spacial score (nSPS) is 8.39. The number of hydrogen-bond donors (Lipinski definition) is 10. The minimum Gasteiger partial charge on any atom is -0.481 e. The first kappa shape index (κ1) is 46.4. The SMILES string of the molecule is CC(=O)O.CC(=O)O.CC(=O)O.CC(=O)O.CC(=O)O.CC(O)CO.OCC(O)CO. The second kappa shape index (κ2) is 41.5. The zero-order valence-electron chi connectivity index (χ0n) is 18.3. The molecule has 190 valence electrons. The lowest BCUT2D eigenvalue weighted by molar-refractivity contribution is -0.135. The molecule has 0 aromatic heterocycles. The van der Waals surface area contributed by atoms with Gasteiger partial charge < -0.3 is 51.1 Å². The average molecular weight is 468 g/mol. The Hall–Kier alpha value is -2.85. The molecule has 0 aliphatic carbocycles. The monoisotopic (exact) mass is 468 g/mol. The fourth-order valence-electron chi connectivity index (χ4n) is 0.0577. The van der Waals surface area contributed by atoms with Gasteiger partial charge in [0.05, 0.1) is 25.9 Å². The third kappa shape index (κ3) is 1730. The van der Waals surface area contributed by atoms with Crippen molar-refractivity contribution in [3.05, 3.63) is 0 Å². The van der Waals surface area contributed by atoms with Crippen molar-refractivity contribution in [2.45, 2.75) is 53.8 Å². The van der Waals surface area contributed by atoms with Crippen LogP contribution in [0.25, 0.3) is 0 Å². The van der Waals surface area contributed by atoms with E-state index in [1.54, 1.807) is 0 Å². The summed E-state index contributed by atoms with van der Waals surface area (Å²) in [4.78, 5) is 45.0. The van der Waals surface area contributed by atoms with E-state index in [0.29, 0.717) is 0 Å². The Balaban J connectivity index is -0.0000000437. The summed E-state index contributed by atoms with van der Waals surface area (Å²) >= 11 is 0. The van der Waals surface area contributed by atoms with Gasteiger partial charge >= 0.3 is 0 Å². The predicted octanol–water partition coefficient (Wildman–Crippen LogP) is -1.85. The highest BCUT2D eigenvalue weighted by atomic mass is 16.4. The number of carbonyl (C=O) groups is 5. The lowest BCUT2D eigenvalue weighted by atomic mass is 10.4. The van der Waals surface area contributed by atoms with Crippen LogP contribution in [0.3, 0.4) is 0 Å². The van der Waals surface area contributed by atoms with Gasteiger partial charge in [0.2, 0.25) is 0 Å². The Bertz CT molecular complexity index is 328. The summed E-state index contributed by atoms with van der Waals surface area (Å²) in [6.45, 7) is 6.08. The summed E-state index contributed by atoms with van der Waals surface area (Å²) in [7, 11) is 0. The standard InChI is InChI=1S/C3H8O3.C3H8O2.5C2H4O2/c4-1-3(6)2-5;1-3(5)2-4;5*1-2(3)4/h3-6H,1-2H2;3-5H,2H2,1H3;5*1H3,(H,3,4). The fourth-order valence-corrected chi connectivity index (χ4v) is 0.0577. The van der Waals surface area contributed by atoms with Crippen LogP contribution in [-0.2, 0) is 24.0 Å². The smallest absolute Gasteiger partial charge is 0.300 e. The van der Waals surface area contributed by atoms with Crippen LogP contribution in [-0.4, -0.2) is 113 Å². The van der Waals surface area contributed by atoms with Gasteiger partial charge in [-0.15, -0.1) is 0 Å². The summed E-state index contributed by atoms with van der Waals surface area (Å²) in [5.41, 5.74) is 0. The van der Waals surface area contributed by atoms with Crippen LogP contribution in [0, 0.1) is 0 Å². The molecule has 0 aliphatic heterocycles. The van der Waals surface area contributed by atoms with Crippen molar-refractivity contribution < 1.29 is 75.0 Å². The maximum Gasteiger partial charge on any atom is 0.300 e. The van der Waals surface area contributed by atoms with Gasteiger partial charge in [-0.05, 0) is 6.92 Å². The van der Waals surface area contributed by atoms with Crippen molar-refractivity contribution in [2.75, 3.05) is 19.8 Å². The van der Waals surface area contributed by atoms with E-state index in [9.17, 15) is 0 Å². The number of rotatable bonds is 3. The zero-order valence-corrected chi connectivity index (χ0v) is 18.3. The van der Waals surface area contributed by atoms with Crippen molar-refractivity contribution in [2.24, 2.45) is 0 Å². The minimum atomic E-state index is -0.954. The number of carboxylic acids is 5. The average Bonchev–Trinajstić information content (AvgIpc) is 2.52. The van der Waals surface area contributed by atoms with Crippen LogP contribution in [0.5, 0.6) is 0 Å². The molecule has 0 rings (SSSR count). The van der Waals surface area contributed by atoms with E-state index < -0.39 is 42.1 Å². The molecule has 0 aliphatic rings. The van der Waals surface area contributed by atoms with E-state index >= 15 is 0 Å². The molecule has 0 fully saturated rings. The molecule has 15 nitrogen and oxygen atoms in total. The van der Waals surface area contributed by atoms with Crippen LogP contribution in [0.1, 0.15) is 41.5 Å². The van der Waals surface area contributed by atoms with Gasteiger partial charge in [-0.3, -0.25) is 24.0 Å². The molecule has 0 heterocycles. The highest BCUT2D eigenvalue weighted by Gasteiger charge is 1.93. The van der Waals surface area contributed by atoms with Gasteiger partial charge in [-0.1, -0.05) is 0 Å². The number of hydrogen-bond acceptors (Lipinski definition) is 10. The summed E-state index contributed by atoms with van der Waals surface area (Å²) in [5.74, 6) is -4.17. The van der Waals surface area contributed by atoms with Crippen LogP contribution < -0.4 is 0 Å². The molecule has 0 radical (unpaired) electrons. The molecule has 0 spiro atoms. The first-order chi connectivity index (χ1) is 13.7. The van der Waals surface area contributed by atoms with Crippen LogP contribution in [0.4, 0.5) is 0 Å². The molecule has 1 unspecified atom stereocenters. The third-order valence-electron chi connectivity index (χ3n) is 0.686. The fraction of sp³-hybridized carbons (Fsp3) is 0.688. The molecule has 0 aromatic carbocycles. The maximum absolute atomic E-state index is 9.00. The molecule has 0 saturated carbocycles. The van der Waals surface area contributed by atoms with Crippen molar-refractivity contribution in [3.8, 4) is 0 Å². The molecule has 15 heteroatoms. The molecular weight excluding hydrogens is 432 g/mol. The summed E-state index contributed by atoms with van der Waals surface area (Å²) in [6.07, 6.45) is -1.51. The van der Waals surface area contributed by atoms with Gasteiger partial charge in [-0.2, -0.15) is 0 Å². The molecule has 0 aromatic rings. The van der Waals surface area contributed by atoms with E-state index in [1.165, 1.54) is 6.92 Å². The quantitative estimate of drug-likeness (QED) is 0.217. The molecule has 0 saturated heterocycles. The lowest BCUT2D eigenvalue weighted by Crippen LogP contribution is -2.15. The minimum absolute atomic E-state index is 0.139. The Kier molecular flexibility index (Phi) is 62.1. The molecule has 0 bridgehead atoms. The van der Waals surface area contributed by atoms with Gasteiger partial charge in [0, 0.05) is 34.6 Å². The molecule has 31 heavy (non-hydrogen) atoms. The Morgan fingerprint density at radius 2 is 0.613 bits per heavy atom. The van der Waals surface area contributed by atoms with Crippen molar-refractivity contribution in [3.63, 3.8) is 0 Å². The Morgan fingerprint density at radius 1 is 0.516 bits per heavy atom. The maximum atomic E-state index is 9.00. The van der Waals surface area contributed by atoms with Crippen LogP contribution in [0.15, 0.2) is 0 Å². The van der Waals surface area contributed by atoms with E-state index in [4.69, 9.17) is 75.0 Å². The summed E-state index contributed by atoms with van der Waals surface area (Å²) < 4.78 is 0. The Labute approximate surface area is 179 Å². The number of carboxylic acid groups (broad SMARTS) is 5. The largest absolute Gasteiger partial charge is 0.481 e. The van der Waals surface area contributed by atoms with Crippen molar-refractivity contribution in [1.82, 2.24) is 0 Å². The zero-order chi connectivity index (χ0) is 27.2. The number of aliphatic hydroxyl groups is 5. The lowest BCUT2D eigenvalue weighted by Gasteiger charge is -1.96. The van der Waals surface area contributed by atoms with E-state index in [-0.39, 0.29) is 19.8 Å². The summed E-state index contributed by atoms with van der Waals surface area (Å²) in [6, 6.07) is 0. The van der Waals surface area contributed by atoms with Gasteiger partial charge in [0.15, 0.2) is 0 Å². The Morgan fingerprint density at radius 3 is 0.613 bits per heavy atom. The van der Waals surface area contributed by atoms with Gasteiger partial charge in [0.1, 0.15) is 6.10 Å². The van der Waals surface area contributed by atoms with Crippen molar-refractivity contribution >= 4 is 29.8 Å². The second-order valence-electron chi connectivity index (χ2n) is 4.65. The predicted molar refractivity (Wildman–Crippen MR) is 105 cm³/mol. The van der Waals surface area contributed by atoms with Gasteiger partial charge in [-0.25, -0.2) is 0 Å². The topological polar surface area (TPSA) is 288 Å². The molecule has 0 amide bonds.